The molecule has 19 heavy (non-hydrogen) atoms. The summed E-state index contributed by atoms with van der Waals surface area (Å²) in [5, 5.41) is 14.8. The molecule has 0 radical (unpaired) electrons. The molecular formula is C13H23N5O. The fourth-order valence-electron chi connectivity index (χ4n) is 3.04. The Kier molecular flexibility index (Phi) is 3.71. The minimum absolute atomic E-state index is 0.0165. The third kappa shape index (κ3) is 2.68. The van der Waals surface area contributed by atoms with E-state index in [1.807, 2.05) is 0 Å². The lowest BCUT2D eigenvalue weighted by atomic mass is 9.71. The molecule has 0 spiro atoms. The molecule has 0 aliphatic heterocycles. The standard InChI is InChI=1S/C13H23N5O/c1-10(19)7-14-13(4)6-5-11(12(13,2)3)8-18-9-15-16-17-18/h9,11,14H,5-8H2,1-4H3/t11-,13-/m0/s1. The summed E-state index contributed by atoms with van der Waals surface area (Å²) in [6, 6.07) is 0. The third-order valence-corrected chi connectivity index (χ3v) is 4.96. The number of Topliss-reactive ketones (excluding diaryl/α,β-unsaturated/α-hetero) is 1. The van der Waals surface area contributed by atoms with E-state index in [1.165, 1.54) is 0 Å². The minimum atomic E-state index is -0.0165. The molecule has 1 aliphatic carbocycles. The van der Waals surface area contributed by atoms with Crippen LogP contribution in [0.5, 0.6) is 0 Å². The van der Waals surface area contributed by atoms with Crippen molar-refractivity contribution < 1.29 is 4.79 Å². The molecule has 1 aliphatic rings. The molecule has 0 saturated heterocycles. The Hall–Kier alpha value is -1.30. The highest BCUT2D eigenvalue weighted by Gasteiger charge is 2.51. The van der Waals surface area contributed by atoms with E-state index in [4.69, 9.17) is 0 Å². The van der Waals surface area contributed by atoms with Gasteiger partial charge in [0.25, 0.3) is 0 Å². The van der Waals surface area contributed by atoms with Crippen molar-refractivity contribution in [2.75, 3.05) is 6.54 Å². The van der Waals surface area contributed by atoms with Gasteiger partial charge in [-0.3, -0.25) is 4.79 Å². The molecule has 0 unspecified atom stereocenters. The molecular weight excluding hydrogens is 242 g/mol. The van der Waals surface area contributed by atoms with Gasteiger partial charge < -0.3 is 5.32 Å². The van der Waals surface area contributed by atoms with Gasteiger partial charge >= 0.3 is 0 Å². The summed E-state index contributed by atoms with van der Waals surface area (Å²) in [5.41, 5.74) is 0.0751. The molecule has 106 valence electrons. The molecule has 6 heteroatoms. The predicted molar refractivity (Wildman–Crippen MR) is 71.4 cm³/mol. The molecule has 0 aromatic carbocycles. The summed E-state index contributed by atoms with van der Waals surface area (Å²) in [6.45, 7) is 9.64. The molecule has 0 bridgehead atoms. The number of carbonyl (C=O) groups excluding carboxylic acids is 1. The number of nitrogens with zero attached hydrogens (tertiary/aromatic N) is 4. The van der Waals surface area contributed by atoms with Crippen LogP contribution in [0.2, 0.25) is 0 Å². The van der Waals surface area contributed by atoms with Crippen molar-refractivity contribution in [3.8, 4) is 0 Å². The number of rotatable bonds is 5. The highest BCUT2D eigenvalue weighted by atomic mass is 16.1. The maximum atomic E-state index is 11.2. The van der Waals surface area contributed by atoms with Gasteiger partial charge in [-0.05, 0) is 48.4 Å². The Labute approximate surface area is 113 Å². The first-order chi connectivity index (χ1) is 8.85. The van der Waals surface area contributed by atoms with Crippen molar-refractivity contribution in [3.05, 3.63) is 6.33 Å². The molecule has 1 N–H and O–H groups in total. The third-order valence-electron chi connectivity index (χ3n) is 4.96. The number of hydrogen-bond donors (Lipinski definition) is 1. The van der Waals surface area contributed by atoms with Crippen LogP contribution in [-0.4, -0.2) is 38.1 Å². The molecule has 1 fully saturated rings. The average molecular weight is 265 g/mol. The van der Waals surface area contributed by atoms with E-state index < -0.39 is 0 Å². The van der Waals surface area contributed by atoms with Crippen molar-refractivity contribution in [3.63, 3.8) is 0 Å². The van der Waals surface area contributed by atoms with Gasteiger partial charge in [0, 0.05) is 12.1 Å². The zero-order valence-corrected chi connectivity index (χ0v) is 12.2. The Morgan fingerprint density at radius 2 is 2.21 bits per heavy atom. The van der Waals surface area contributed by atoms with Crippen molar-refractivity contribution in [2.24, 2.45) is 11.3 Å². The van der Waals surface area contributed by atoms with Gasteiger partial charge in [-0.1, -0.05) is 13.8 Å². The quantitative estimate of drug-likeness (QED) is 0.861. The van der Waals surface area contributed by atoms with Crippen molar-refractivity contribution in [1.29, 1.82) is 0 Å². The molecule has 1 aromatic heterocycles. The predicted octanol–water partition coefficient (Wildman–Crippen LogP) is 1.05. The molecule has 2 rings (SSSR count). The summed E-state index contributed by atoms with van der Waals surface area (Å²) < 4.78 is 1.79. The smallest absolute Gasteiger partial charge is 0.143 e. The van der Waals surface area contributed by atoms with Gasteiger partial charge in [0.15, 0.2) is 0 Å². The summed E-state index contributed by atoms with van der Waals surface area (Å²) in [6.07, 6.45) is 3.85. The zero-order chi connectivity index (χ0) is 14.1. The van der Waals surface area contributed by atoms with Crippen LogP contribution in [-0.2, 0) is 11.3 Å². The maximum Gasteiger partial charge on any atom is 0.143 e. The molecule has 1 aromatic rings. The Bertz CT molecular complexity index is 442. The first kappa shape index (κ1) is 14.1. The maximum absolute atomic E-state index is 11.2. The second-order valence-corrected chi connectivity index (χ2v) is 6.38. The number of carbonyl (C=O) groups is 1. The lowest BCUT2D eigenvalue weighted by molar-refractivity contribution is -0.116. The zero-order valence-electron chi connectivity index (χ0n) is 12.2. The highest BCUT2D eigenvalue weighted by molar-refractivity contribution is 5.77. The number of tetrazole rings is 1. The van der Waals surface area contributed by atoms with Gasteiger partial charge in [-0.25, -0.2) is 4.68 Å². The first-order valence-electron chi connectivity index (χ1n) is 6.80. The van der Waals surface area contributed by atoms with Crippen LogP contribution < -0.4 is 5.32 Å². The van der Waals surface area contributed by atoms with Crippen LogP contribution in [0, 0.1) is 11.3 Å². The second kappa shape index (κ2) is 5.00. The topological polar surface area (TPSA) is 72.7 Å². The van der Waals surface area contributed by atoms with Crippen molar-refractivity contribution in [1.82, 2.24) is 25.5 Å². The van der Waals surface area contributed by atoms with E-state index in [0.717, 1.165) is 19.4 Å². The normalized spacial score (nSPS) is 29.6. The van der Waals surface area contributed by atoms with Gasteiger partial charge in [-0.15, -0.1) is 5.10 Å². The molecule has 6 nitrogen and oxygen atoms in total. The number of nitrogens with one attached hydrogen (secondary N) is 1. The fourth-order valence-corrected chi connectivity index (χ4v) is 3.04. The van der Waals surface area contributed by atoms with Gasteiger partial charge in [0.2, 0.25) is 0 Å². The van der Waals surface area contributed by atoms with Gasteiger partial charge in [-0.2, -0.15) is 0 Å². The fraction of sp³-hybridized carbons (Fsp3) is 0.846. The van der Waals surface area contributed by atoms with Gasteiger partial charge in [0.05, 0.1) is 6.54 Å². The SMILES string of the molecule is CC(=O)CN[C@@]1(C)CC[C@@H](Cn2cnnn2)C1(C)C. The van der Waals surface area contributed by atoms with Gasteiger partial charge in [0.1, 0.15) is 12.1 Å². The monoisotopic (exact) mass is 265 g/mol. The van der Waals surface area contributed by atoms with Crippen LogP contribution in [0.4, 0.5) is 0 Å². The first-order valence-corrected chi connectivity index (χ1v) is 6.80. The Morgan fingerprint density at radius 3 is 2.79 bits per heavy atom. The van der Waals surface area contributed by atoms with Crippen LogP contribution in [0.3, 0.4) is 0 Å². The van der Waals surface area contributed by atoms with Crippen LogP contribution in [0.25, 0.3) is 0 Å². The number of ketones is 1. The van der Waals surface area contributed by atoms with Crippen LogP contribution >= 0.6 is 0 Å². The average Bonchev–Trinajstić information content (AvgIpc) is 2.90. The Balaban J connectivity index is 2.07. The summed E-state index contributed by atoms with van der Waals surface area (Å²) in [4.78, 5) is 11.2. The van der Waals surface area contributed by atoms with E-state index in [2.05, 4.69) is 41.6 Å². The molecule has 1 saturated carbocycles. The largest absolute Gasteiger partial charge is 0.304 e. The summed E-state index contributed by atoms with van der Waals surface area (Å²) in [7, 11) is 0. The Morgan fingerprint density at radius 1 is 1.47 bits per heavy atom. The minimum Gasteiger partial charge on any atom is -0.304 e. The molecule has 2 atom stereocenters. The lowest BCUT2D eigenvalue weighted by Crippen LogP contribution is -2.53. The van der Waals surface area contributed by atoms with E-state index in [0.29, 0.717) is 12.5 Å². The number of hydrogen-bond acceptors (Lipinski definition) is 5. The van der Waals surface area contributed by atoms with Crippen LogP contribution in [0.1, 0.15) is 40.5 Å². The van der Waals surface area contributed by atoms with Crippen LogP contribution in [0.15, 0.2) is 6.33 Å². The summed E-state index contributed by atoms with van der Waals surface area (Å²) in [5.74, 6) is 0.682. The van der Waals surface area contributed by atoms with E-state index in [-0.39, 0.29) is 16.7 Å². The molecule has 1 heterocycles. The summed E-state index contributed by atoms with van der Waals surface area (Å²) >= 11 is 0. The van der Waals surface area contributed by atoms with E-state index in [9.17, 15) is 4.79 Å². The lowest BCUT2D eigenvalue weighted by Gasteiger charge is -2.42. The molecule has 0 amide bonds. The van der Waals surface area contributed by atoms with Crippen molar-refractivity contribution in [2.45, 2.75) is 52.6 Å². The van der Waals surface area contributed by atoms with E-state index >= 15 is 0 Å². The van der Waals surface area contributed by atoms with E-state index in [1.54, 1.807) is 17.9 Å². The van der Waals surface area contributed by atoms with Crippen molar-refractivity contribution >= 4 is 5.78 Å². The second-order valence-electron chi connectivity index (χ2n) is 6.38. The highest BCUT2D eigenvalue weighted by Crippen LogP contribution is 2.50. The number of aromatic nitrogens is 4.